The van der Waals surface area contributed by atoms with E-state index in [1.165, 1.54) is 6.33 Å². The lowest BCUT2D eigenvalue weighted by Gasteiger charge is -2.29. The van der Waals surface area contributed by atoms with E-state index in [0.29, 0.717) is 5.82 Å². The van der Waals surface area contributed by atoms with E-state index >= 15 is 8.78 Å². The quantitative estimate of drug-likeness (QED) is 0.336. The molecule has 9 nitrogen and oxygen atoms in total. The number of aromatic nitrogens is 4. The molecule has 37 heavy (non-hydrogen) atoms. The van der Waals surface area contributed by atoms with Crippen molar-refractivity contribution in [1.29, 1.82) is 0 Å². The summed E-state index contributed by atoms with van der Waals surface area (Å²) in [7, 11) is 0. The van der Waals surface area contributed by atoms with E-state index in [2.05, 4.69) is 35.3 Å². The summed E-state index contributed by atoms with van der Waals surface area (Å²) in [6.07, 6.45) is 2.94. The molecule has 190 valence electrons. The van der Waals surface area contributed by atoms with Crippen molar-refractivity contribution in [3.63, 3.8) is 0 Å². The largest absolute Gasteiger partial charge is 0.446 e. The molecule has 0 bridgehead atoms. The van der Waals surface area contributed by atoms with Crippen molar-refractivity contribution in [3.8, 4) is 11.6 Å². The van der Waals surface area contributed by atoms with Gasteiger partial charge in [0.25, 0.3) is 5.69 Å². The highest BCUT2D eigenvalue weighted by molar-refractivity contribution is 5.85. The van der Waals surface area contributed by atoms with Gasteiger partial charge >= 0.3 is 0 Å². The minimum atomic E-state index is -0.729. The van der Waals surface area contributed by atoms with Crippen LogP contribution in [0.25, 0.3) is 15.7 Å². The molecular formula is C26H26F2N8O. The van der Waals surface area contributed by atoms with Crippen molar-refractivity contribution >= 4 is 33.9 Å². The number of halogens is 2. The maximum absolute atomic E-state index is 15.4. The Kier molecular flexibility index (Phi) is 6.58. The lowest BCUT2D eigenvalue weighted by atomic mass is 10.2. The molecule has 0 aliphatic carbocycles. The van der Waals surface area contributed by atoms with Gasteiger partial charge in [-0.2, -0.15) is 0 Å². The molecule has 0 saturated carbocycles. The van der Waals surface area contributed by atoms with Gasteiger partial charge in [0, 0.05) is 49.4 Å². The Morgan fingerprint density at radius 3 is 2.59 bits per heavy atom. The van der Waals surface area contributed by atoms with E-state index in [0.717, 1.165) is 43.6 Å². The van der Waals surface area contributed by atoms with Crippen molar-refractivity contribution in [3.05, 3.63) is 65.5 Å². The van der Waals surface area contributed by atoms with Crippen molar-refractivity contribution in [2.75, 3.05) is 36.4 Å². The fourth-order valence-electron chi connectivity index (χ4n) is 4.61. The summed E-state index contributed by atoms with van der Waals surface area (Å²) in [6, 6.07) is 6.24. The summed E-state index contributed by atoms with van der Waals surface area (Å²) in [4.78, 5) is 18.3. The molecule has 0 amide bonds. The standard InChI is InChI=1S/C26H26F2N8O/c1-15(2)36-16(3)11-18-22(28)20(12-19(27)24(18)36)37-26-23(29-4)25(32-14-33-26)34-21-6-5-17(13-31-21)35-9-7-30-8-10-35/h5-6,11-15,30H,7-10H2,1-3H3,(H,31,32,33,34). The number of hydrogen-bond acceptors (Lipinski definition) is 7. The van der Waals surface area contributed by atoms with Crippen LogP contribution in [0.1, 0.15) is 25.6 Å². The first kappa shape index (κ1) is 24.4. The molecule has 1 saturated heterocycles. The van der Waals surface area contributed by atoms with Crippen LogP contribution in [-0.4, -0.2) is 45.7 Å². The van der Waals surface area contributed by atoms with E-state index in [9.17, 15) is 0 Å². The summed E-state index contributed by atoms with van der Waals surface area (Å²) in [5.74, 6) is -1.29. The Morgan fingerprint density at radius 2 is 1.92 bits per heavy atom. The van der Waals surface area contributed by atoms with E-state index in [4.69, 9.17) is 11.3 Å². The summed E-state index contributed by atoms with van der Waals surface area (Å²) in [5, 5.41) is 6.42. The minimum Gasteiger partial charge on any atom is -0.446 e. The Balaban J connectivity index is 1.43. The number of anilines is 3. The third-order valence-electron chi connectivity index (χ3n) is 6.27. The lowest BCUT2D eigenvalue weighted by Crippen LogP contribution is -2.43. The van der Waals surface area contributed by atoms with Gasteiger partial charge in [0.15, 0.2) is 17.4 Å². The molecule has 0 radical (unpaired) electrons. The Hall–Kier alpha value is -4.30. The fraction of sp³-hybridized carbons (Fsp3) is 0.308. The highest BCUT2D eigenvalue weighted by atomic mass is 19.1. The number of pyridine rings is 1. The van der Waals surface area contributed by atoms with Gasteiger partial charge < -0.3 is 24.8 Å². The number of benzene rings is 1. The number of hydrogen-bond donors (Lipinski definition) is 2. The zero-order valence-electron chi connectivity index (χ0n) is 20.7. The van der Waals surface area contributed by atoms with Crippen molar-refractivity contribution in [1.82, 2.24) is 24.8 Å². The number of ether oxygens (including phenoxy) is 1. The second-order valence-corrected chi connectivity index (χ2v) is 9.04. The highest BCUT2D eigenvalue weighted by Gasteiger charge is 2.23. The molecule has 2 N–H and O–H groups in total. The van der Waals surface area contributed by atoms with Gasteiger partial charge in [-0.25, -0.2) is 28.6 Å². The average molecular weight is 505 g/mol. The number of rotatable bonds is 6. The van der Waals surface area contributed by atoms with Crippen LogP contribution >= 0.6 is 0 Å². The molecule has 0 atom stereocenters. The first-order valence-corrected chi connectivity index (χ1v) is 12.0. The maximum Gasteiger partial charge on any atom is 0.288 e. The summed E-state index contributed by atoms with van der Waals surface area (Å²) < 4.78 is 37.9. The SMILES string of the molecule is [C-]#[N+]c1c(Nc2ccc(N3CCNCC3)cn2)ncnc1Oc1cc(F)c2c(cc(C)n2C(C)C)c1F. The van der Waals surface area contributed by atoms with Gasteiger partial charge in [-0.15, -0.1) is 0 Å². The summed E-state index contributed by atoms with van der Waals surface area (Å²) in [6.45, 7) is 16.9. The Labute approximate surface area is 212 Å². The average Bonchev–Trinajstić information content (AvgIpc) is 3.26. The van der Waals surface area contributed by atoms with Crippen LogP contribution in [0.3, 0.4) is 0 Å². The first-order valence-electron chi connectivity index (χ1n) is 12.0. The molecule has 3 aromatic heterocycles. The van der Waals surface area contributed by atoms with Gasteiger partial charge in [-0.05, 0) is 39.0 Å². The van der Waals surface area contributed by atoms with Crippen molar-refractivity contribution in [2.24, 2.45) is 0 Å². The highest BCUT2D eigenvalue weighted by Crippen LogP contribution is 2.39. The zero-order chi connectivity index (χ0) is 26.1. The van der Waals surface area contributed by atoms with Crippen molar-refractivity contribution in [2.45, 2.75) is 26.8 Å². The fourth-order valence-corrected chi connectivity index (χ4v) is 4.61. The molecular weight excluding hydrogens is 478 g/mol. The van der Waals surface area contributed by atoms with Crippen LogP contribution in [0.15, 0.2) is 36.8 Å². The van der Waals surface area contributed by atoms with E-state index < -0.39 is 11.6 Å². The van der Waals surface area contributed by atoms with Gasteiger partial charge in [0.05, 0.1) is 24.0 Å². The molecule has 0 unspecified atom stereocenters. The second kappa shape index (κ2) is 9.99. The van der Waals surface area contributed by atoms with Crippen LogP contribution in [0, 0.1) is 25.1 Å². The number of nitrogens with one attached hydrogen (secondary N) is 2. The summed E-state index contributed by atoms with van der Waals surface area (Å²) in [5.41, 5.74) is 1.82. The van der Waals surface area contributed by atoms with E-state index in [1.54, 1.807) is 29.8 Å². The number of piperazine rings is 1. The third-order valence-corrected chi connectivity index (χ3v) is 6.27. The lowest BCUT2D eigenvalue weighted by molar-refractivity contribution is 0.428. The third kappa shape index (κ3) is 4.63. The molecule has 11 heteroatoms. The number of fused-ring (bicyclic) bond motifs is 1. The van der Waals surface area contributed by atoms with E-state index in [-0.39, 0.29) is 40.1 Å². The van der Waals surface area contributed by atoms with Crippen molar-refractivity contribution < 1.29 is 13.5 Å². The van der Waals surface area contributed by atoms with Crippen LogP contribution in [0.4, 0.5) is 31.8 Å². The number of nitrogens with zero attached hydrogens (tertiary/aromatic N) is 6. The molecule has 0 spiro atoms. The van der Waals surface area contributed by atoms with Gasteiger partial charge in [-0.1, -0.05) is 0 Å². The van der Waals surface area contributed by atoms with Gasteiger partial charge in [0.2, 0.25) is 5.88 Å². The number of aryl methyl sites for hydroxylation is 1. The molecule has 1 aliphatic rings. The maximum atomic E-state index is 15.4. The molecule has 5 rings (SSSR count). The minimum absolute atomic E-state index is 0.0538. The summed E-state index contributed by atoms with van der Waals surface area (Å²) >= 11 is 0. The van der Waals surface area contributed by atoms with E-state index in [1.807, 2.05) is 19.9 Å². The van der Waals surface area contributed by atoms with Crippen LogP contribution in [-0.2, 0) is 0 Å². The second-order valence-electron chi connectivity index (χ2n) is 9.04. The Morgan fingerprint density at radius 1 is 1.14 bits per heavy atom. The molecule has 1 aliphatic heterocycles. The monoisotopic (exact) mass is 504 g/mol. The predicted octanol–water partition coefficient (Wildman–Crippen LogP) is 5.49. The van der Waals surface area contributed by atoms with Crippen LogP contribution in [0.2, 0.25) is 0 Å². The molecule has 1 aromatic carbocycles. The first-order chi connectivity index (χ1) is 17.9. The smallest absolute Gasteiger partial charge is 0.288 e. The topological polar surface area (TPSA) is 84.5 Å². The molecule has 1 fully saturated rings. The Bertz CT molecular complexity index is 1490. The zero-order valence-corrected chi connectivity index (χ0v) is 20.7. The van der Waals surface area contributed by atoms with Crippen LogP contribution in [0.5, 0.6) is 11.6 Å². The van der Waals surface area contributed by atoms with Crippen LogP contribution < -0.4 is 20.3 Å². The normalized spacial score (nSPS) is 13.7. The van der Waals surface area contributed by atoms with Gasteiger partial charge in [-0.3, -0.25) is 0 Å². The predicted molar refractivity (Wildman–Crippen MR) is 138 cm³/mol. The molecule has 4 aromatic rings. The van der Waals surface area contributed by atoms with Gasteiger partial charge in [0.1, 0.15) is 18.0 Å². The molecule has 4 heterocycles.